The van der Waals surface area contributed by atoms with E-state index < -0.39 is 5.60 Å². The maximum Gasteiger partial charge on any atom is 0.410 e. The highest BCUT2D eigenvalue weighted by molar-refractivity contribution is 5.73. The summed E-state index contributed by atoms with van der Waals surface area (Å²) in [5.74, 6) is 1.62. The summed E-state index contributed by atoms with van der Waals surface area (Å²) in [5.41, 5.74) is 0.519. The first-order valence-electron chi connectivity index (χ1n) is 10.2. The predicted octanol–water partition coefficient (Wildman–Crippen LogP) is 3.16. The Labute approximate surface area is 167 Å². The average molecular weight is 389 g/mol. The molecular weight excluding hydrogens is 356 g/mol. The lowest BCUT2D eigenvalue weighted by molar-refractivity contribution is 0.0127. The maximum atomic E-state index is 12.3. The van der Waals surface area contributed by atoms with Gasteiger partial charge in [-0.1, -0.05) is 6.07 Å². The summed E-state index contributed by atoms with van der Waals surface area (Å²) in [4.78, 5) is 30.3. The lowest BCUT2D eigenvalue weighted by Crippen LogP contribution is -2.44. The molecule has 0 radical (unpaired) electrons. The molecule has 1 saturated carbocycles. The van der Waals surface area contributed by atoms with Crippen molar-refractivity contribution in [2.24, 2.45) is 17.8 Å². The highest BCUT2D eigenvalue weighted by atomic mass is 16.6. The van der Waals surface area contributed by atoms with Crippen LogP contribution in [-0.2, 0) is 11.3 Å². The van der Waals surface area contributed by atoms with Gasteiger partial charge in [0.15, 0.2) is 0 Å². The van der Waals surface area contributed by atoms with Crippen molar-refractivity contribution in [3.63, 3.8) is 0 Å². The largest absolute Gasteiger partial charge is 0.444 e. The number of urea groups is 1. The van der Waals surface area contributed by atoms with E-state index in [4.69, 9.17) is 4.74 Å². The molecule has 1 aromatic heterocycles. The van der Waals surface area contributed by atoms with E-state index in [0.717, 1.165) is 37.9 Å². The van der Waals surface area contributed by atoms with Gasteiger partial charge in [0.05, 0.1) is 0 Å². The van der Waals surface area contributed by atoms with Crippen LogP contribution in [-0.4, -0.2) is 47.2 Å². The minimum atomic E-state index is -0.459. The molecule has 3 atom stereocenters. The number of pyridine rings is 1. The summed E-state index contributed by atoms with van der Waals surface area (Å²) in [5, 5.41) is 5.86. The molecule has 3 unspecified atom stereocenters. The van der Waals surface area contributed by atoms with Crippen molar-refractivity contribution in [3.05, 3.63) is 30.1 Å². The number of fused-ring (bicyclic) bond motifs is 1. The van der Waals surface area contributed by atoms with Crippen molar-refractivity contribution < 1.29 is 14.3 Å². The Bertz CT molecular complexity index is 674. The van der Waals surface area contributed by atoms with Crippen LogP contribution in [0.1, 0.15) is 45.6 Å². The molecular formula is C21H32N4O3. The molecule has 2 N–H and O–H groups in total. The van der Waals surface area contributed by atoms with Crippen molar-refractivity contribution in [2.45, 2.75) is 52.2 Å². The van der Waals surface area contributed by atoms with Gasteiger partial charge in [-0.2, -0.15) is 0 Å². The number of hydrogen-bond donors (Lipinski definition) is 2. The molecule has 0 bridgehead atoms. The third-order valence-corrected chi connectivity index (χ3v) is 5.54. The van der Waals surface area contributed by atoms with Crippen LogP contribution in [0.15, 0.2) is 24.5 Å². The highest BCUT2D eigenvalue weighted by Gasteiger charge is 2.40. The number of nitrogens with zero attached hydrogens (tertiary/aromatic N) is 2. The molecule has 1 aliphatic carbocycles. The molecule has 7 nitrogen and oxygen atoms in total. The number of nitrogens with one attached hydrogen (secondary N) is 2. The number of amides is 3. The van der Waals surface area contributed by atoms with Gasteiger partial charge >= 0.3 is 12.1 Å². The zero-order chi connectivity index (χ0) is 20.1. The molecule has 7 heteroatoms. The molecule has 28 heavy (non-hydrogen) atoms. The molecule has 3 amide bonds. The lowest BCUT2D eigenvalue weighted by Gasteiger charge is -2.35. The van der Waals surface area contributed by atoms with Crippen LogP contribution in [0.2, 0.25) is 0 Å². The van der Waals surface area contributed by atoms with Crippen molar-refractivity contribution in [2.75, 3.05) is 19.6 Å². The number of ether oxygens (including phenoxy) is 1. The molecule has 1 aromatic rings. The monoisotopic (exact) mass is 388 g/mol. The Morgan fingerprint density at radius 1 is 1.25 bits per heavy atom. The summed E-state index contributed by atoms with van der Waals surface area (Å²) >= 11 is 0. The first-order chi connectivity index (χ1) is 13.3. The highest BCUT2D eigenvalue weighted by Crippen LogP contribution is 2.41. The van der Waals surface area contributed by atoms with Crippen molar-refractivity contribution in [1.82, 2.24) is 20.5 Å². The van der Waals surface area contributed by atoms with Crippen LogP contribution in [0.3, 0.4) is 0 Å². The lowest BCUT2D eigenvalue weighted by atomic mass is 9.89. The molecule has 2 aliphatic rings. The second-order valence-corrected chi connectivity index (χ2v) is 9.00. The SMILES string of the molecule is CC(C)(C)OC(=O)N1CCC2CC(CNC(=O)NCc3cccnc3)CC2C1. The van der Waals surface area contributed by atoms with Gasteiger partial charge in [-0.3, -0.25) is 4.98 Å². The number of piperidine rings is 1. The molecule has 0 spiro atoms. The maximum absolute atomic E-state index is 12.3. The van der Waals surface area contributed by atoms with E-state index in [9.17, 15) is 9.59 Å². The van der Waals surface area contributed by atoms with E-state index >= 15 is 0 Å². The van der Waals surface area contributed by atoms with E-state index in [2.05, 4.69) is 15.6 Å². The van der Waals surface area contributed by atoms with E-state index in [1.807, 2.05) is 37.8 Å². The number of carbonyl (C=O) groups is 2. The summed E-state index contributed by atoms with van der Waals surface area (Å²) in [6.07, 6.45) is 6.45. The predicted molar refractivity (Wildman–Crippen MR) is 107 cm³/mol. The van der Waals surface area contributed by atoms with Crippen molar-refractivity contribution in [3.8, 4) is 0 Å². The van der Waals surface area contributed by atoms with Gasteiger partial charge in [0, 0.05) is 38.6 Å². The first kappa shape index (κ1) is 20.4. The molecule has 1 saturated heterocycles. The fraction of sp³-hybridized carbons (Fsp3) is 0.667. The van der Waals surface area contributed by atoms with E-state index in [1.165, 1.54) is 0 Å². The zero-order valence-electron chi connectivity index (χ0n) is 17.1. The average Bonchev–Trinajstić information content (AvgIpc) is 3.06. The first-order valence-corrected chi connectivity index (χ1v) is 10.2. The number of carbonyl (C=O) groups excluding carboxylic acids is 2. The van der Waals surface area contributed by atoms with Crippen LogP contribution < -0.4 is 10.6 Å². The van der Waals surface area contributed by atoms with E-state index in [-0.39, 0.29) is 12.1 Å². The standard InChI is InChI=1S/C21H32N4O3/c1-21(2,3)28-20(27)25-8-6-17-9-16(10-18(17)14-25)13-24-19(26)23-12-15-5-4-7-22-11-15/h4-5,7,11,16-18H,6,8-10,12-14H2,1-3H3,(H2,23,24,26). The molecule has 2 fully saturated rings. The fourth-order valence-corrected chi connectivity index (χ4v) is 4.25. The molecule has 3 rings (SSSR count). The molecule has 154 valence electrons. The fourth-order valence-electron chi connectivity index (χ4n) is 4.25. The Kier molecular flexibility index (Phi) is 6.42. The smallest absolute Gasteiger partial charge is 0.410 e. The van der Waals surface area contributed by atoms with Crippen LogP contribution in [0, 0.1) is 17.8 Å². The topological polar surface area (TPSA) is 83.6 Å². The summed E-state index contributed by atoms with van der Waals surface area (Å²) < 4.78 is 5.51. The van der Waals surface area contributed by atoms with E-state index in [1.54, 1.807) is 12.4 Å². The summed E-state index contributed by atoms with van der Waals surface area (Å²) in [6, 6.07) is 3.65. The van der Waals surface area contributed by atoms with Gasteiger partial charge in [-0.25, -0.2) is 9.59 Å². The van der Waals surface area contributed by atoms with Crippen LogP contribution in [0.25, 0.3) is 0 Å². The Morgan fingerprint density at radius 2 is 2.04 bits per heavy atom. The van der Waals surface area contributed by atoms with Gasteiger partial charge in [-0.05, 0) is 69.4 Å². The zero-order valence-corrected chi connectivity index (χ0v) is 17.1. The van der Waals surface area contributed by atoms with E-state index in [0.29, 0.717) is 30.8 Å². The normalized spacial score (nSPS) is 24.4. The molecule has 1 aliphatic heterocycles. The van der Waals surface area contributed by atoms with Crippen LogP contribution in [0.4, 0.5) is 9.59 Å². The minimum Gasteiger partial charge on any atom is -0.444 e. The number of hydrogen-bond acceptors (Lipinski definition) is 4. The quantitative estimate of drug-likeness (QED) is 0.830. The number of aromatic nitrogens is 1. The third kappa shape index (κ3) is 5.84. The molecule has 2 heterocycles. The number of likely N-dealkylation sites (tertiary alicyclic amines) is 1. The van der Waals surface area contributed by atoms with Crippen LogP contribution in [0.5, 0.6) is 0 Å². The molecule has 0 aromatic carbocycles. The second-order valence-electron chi connectivity index (χ2n) is 9.00. The van der Waals surface area contributed by atoms with Gasteiger partial charge in [0.1, 0.15) is 5.60 Å². The van der Waals surface area contributed by atoms with Crippen LogP contribution >= 0.6 is 0 Å². The number of rotatable bonds is 4. The third-order valence-electron chi connectivity index (χ3n) is 5.54. The Hall–Kier alpha value is -2.31. The van der Waals surface area contributed by atoms with Gasteiger partial charge < -0.3 is 20.3 Å². The van der Waals surface area contributed by atoms with Gasteiger partial charge in [0.2, 0.25) is 0 Å². The van der Waals surface area contributed by atoms with Gasteiger partial charge in [0.25, 0.3) is 0 Å². The van der Waals surface area contributed by atoms with Crippen molar-refractivity contribution in [1.29, 1.82) is 0 Å². The second kappa shape index (κ2) is 8.80. The summed E-state index contributed by atoms with van der Waals surface area (Å²) in [7, 11) is 0. The van der Waals surface area contributed by atoms with Gasteiger partial charge in [-0.15, -0.1) is 0 Å². The van der Waals surface area contributed by atoms with Crippen molar-refractivity contribution >= 4 is 12.1 Å². The minimum absolute atomic E-state index is 0.144. The summed E-state index contributed by atoms with van der Waals surface area (Å²) in [6.45, 7) is 8.38. The Morgan fingerprint density at radius 3 is 2.75 bits per heavy atom. The Balaban J connectivity index is 1.39.